The summed E-state index contributed by atoms with van der Waals surface area (Å²) in [6, 6.07) is 0. The number of rotatable bonds is 57. The van der Waals surface area contributed by atoms with Crippen molar-refractivity contribution in [3.8, 4) is 0 Å². The highest BCUT2D eigenvalue weighted by Gasteiger charge is 2.19. The molecule has 442 valence electrons. The van der Waals surface area contributed by atoms with Gasteiger partial charge >= 0.3 is 17.9 Å². The number of allylic oxidation sites excluding steroid dienone is 22. The standard InChI is InChI=1S/C72H118O6/c1-4-7-10-13-16-19-22-25-28-31-34-36-39-41-44-47-50-53-56-59-62-65-71(74)77-68-69(67-76-70(73)64-61-58-55-52-49-46-43-40-37-33-30-27-24-21-18-15-12-9-6-3)78-72(75)66-63-60-57-54-51-48-45-42-38-35-32-29-26-23-20-17-14-11-8-5-2/h7,9-10,12,16,18-19,21,25,27-28,30,34,36-37,40-41,44,46,49,55,58,69H,4-6,8,11,13-15,17,20,22-24,26,29,31-33,35,38-39,42-43,45,47-48,50-54,56-57,59-68H2,1-3H3/b10-7-,12-9-,19-16-,21-18-,28-25-,30-27-,36-34-,40-37-,44-41-,49-46-,58-55-. The Kier molecular flexibility index (Phi) is 61.4. The summed E-state index contributed by atoms with van der Waals surface area (Å²) in [5.41, 5.74) is 0. The van der Waals surface area contributed by atoms with Gasteiger partial charge in [-0.15, -0.1) is 0 Å². The molecule has 0 rings (SSSR count). The van der Waals surface area contributed by atoms with E-state index in [1.54, 1.807) is 0 Å². The third kappa shape index (κ3) is 62.4. The molecule has 1 unspecified atom stereocenters. The molecule has 0 fully saturated rings. The molecule has 1 atom stereocenters. The van der Waals surface area contributed by atoms with Crippen LogP contribution in [0.2, 0.25) is 0 Å². The lowest BCUT2D eigenvalue weighted by molar-refractivity contribution is -0.166. The van der Waals surface area contributed by atoms with E-state index in [0.717, 1.165) is 128 Å². The maximum Gasteiger partial charge on any atom is 0.306 e. The molecule has 0 aromatic carbocycles. The minimum atomic E-state index is -0.822. The zero-order valence-electron chi connectivity index (χ0n) is 50.6. The first-order valence-electron chi connectivity index (χ1n) is 32.2. The number of unbranched alkanes of at least 4 members (excludes halogenated alkanes) is 24. The van der Waals surface area contributed by atoms with Crippen molar-refractivity contribution in [1.82, 2.24) is 0 Å². The van der Waals surface area contributed by atoms with Crippen LogP contribution in [-0.2, 0) is 28.6 Å². The molecule has 0 radical (unpaired) electrons. The fourth-order valence-electron chi connectivity index (χ4n) is 8.67. The largest absolute Gasteiger partial charge is 0.462 e. The first-order chi connectivity index (χ1) is 38.5. The fourth-order valence-corrected chi connectivity index (χ4v) is 8.67. The molecule has 0 heterocycles. The molecule has 0 aromatic rings. The van der Waals surface area contributed by atoms with Gasteiger partial charge in [-0.05, 0) is 103 Å². The summed E-state index contributed by atoms with van der Waals surface area (Å²) in [6.07, 6.45) is 91.8. The number of carbonyl (C=O) groups is 3. The average molecular weight is 1080 g/mol. The van der Waals surface area contributed by atoms with Crippen molar-refractivity contribution in [3.63, 3.8) is 0 Å². The van der Waals surface area contributed by atoms with E-state index in [0.29, 0.717) is 19.3 Å². The lowest BCUT2D eigenvalue weighted by atomic mass is 10.0. The van der Waals surface area contributed by atoms with E-state index in [9.17, 15) is 14.4 Å². The average Bonchev–Trinajstić information content (AvgIpc) is 3.44. The van der Waals surface area contributed by atoms with Crippen LogP contribution in [0, 0.1) is 0 Å². The van der Waals surface area contributed by atoms with Gasteiger partial charge in [-0.2, -0.15) is 0 Å². The van der Waals surface area contributed by atoms with E-state index in [2.05, 4.69) is 148 Å². The van der Waals surface area contributed by atoms with E-state index >= 15 is 0 Å². The van der Waals surface area contributed by atoms with Crippen LogP contribution >= 0.6 is 0 Å². The first kappa shape index (κ1) is 73.5. The molecule has 0 bridgehead atoms. The van der Waals surface area contributed by atoms with Gasteiger partial charge in [0.2, 0.25) is 0 Å². The van der Waals surface area contributed by atoms with Gasteiger partial charge in [-0.3, -0.25) is 14.4 Å². The summed E-state index contributed by atoms with van der Waals surface area (Å²) in [5, 5.41) is 0. The molecule has 0 aliphatic heterocycles. The van der Waals surface area contributed by atoms with E-state index < -0.39 is 6.10 Å². The molecule has 6 nitrogen and oxygen atoms in total. The van der Waals surface area contributed by atoms with Crippen molar-refractivity contribution in [1.29, 1.82) is 0 Å². The molecule has 78 heavy (non-hydrogen) atoms. The molecule has 6 heteroatoms. The Morgan fingerprint density at radius 3 is 0.859 bits per heavy atom. The van der Waals surface area contributed by atoms with Crippen molar-refractivity contribution >= 4 is 17.9 Å². The molecule has 0 aromatic heterocycles. The lowest BCUT2D eigenvalue weighted by Gasteiger charge is -2.18. The Morgan fingerprint density at radius 2 is 0.526 bits per heavy atom. The van der Waals surface area contributed by atoms with Gasteiger partial charge in [0.25, 0.3) is 0 Å². The Hall–Kier alpha value is -4.45. The molecular weight excluding hydrogens is 961 g/mol. The SMILES string of the molecule is CC/C=C\C/C=C\C/C=C\C/C=C\C/C=C\C/C=C\CCC(=O)OCC(COC(=O)CCCCCCC/C=C\C/C=C\C/C=C\C/C=C\C/C=C\CC)OC(=O)CCCCCCCCCCCCCCCCCCCCCC. The van der Waals surface area contributed by atoms with E-state index in [4.69, 9.17) is 14.2 Å². The zero-order chi connectivity index (χ0) is 56.4. The predicted octanol–water partition coefficient (Wildman–Crippen LogP) is 22.2. The summed E-state index contributed by atoms with van der Waals surface area (Å²) in [6.45, 7) is 6.35. The second kappa shape index (κ2) is 65.1. The van der Waals surface area contributed by atoms with Crippen LogP contribution in [0.1, 0.15) is 284 Å². The maximum atomic E-state index is 12.9. The predicted molar refractivity (Wildman–Crippen MR) is 339 cm³/mol. The van der Waals surface area contributed by atoms with Crippen LogP contribution in [0.5, 0.6) is 0 Å². The van der Waals surface area contributed by atoms with E-state index in [1.807, 2.05) is 6.08 Å². The van der Waals surface area contributed by atoms with Crippen LogP contribution in [0.15, 0.2) is 134 Å². The highest BCUT2D eigenvalue weighted by molar-refractivity contribution is 5.71. The molecule has 0 saturated carbocycles. The summed E-state index contributed by atoms with van der Waals surface area (Å²) in [7, 11) is 0. The normalized spacial score (nSPS) is 13.0. The molecule has 0 aliphatic carbocycles. The summed E-state index contributed by atoms with van der Waals surface area (Å²) in [4.78, 5) is 38.3. The Balaban J connectivity index is 4.52. The summed E-state index contributed by atoms with van der Waals surface area (Å²) < 4.78 is 16.9. The number of hydrogen-bond donors (Lipinski definition) is 0. The van der Waals surface area contributed by atoms with Crippen LogP contribution in [-0.4, -0.2) is 37.2 Å². The Morgan fingerprint density at radius 1 is 0.269 bits per heavy atom. The van der Waals surface area contributed by atoms with Gasteiger partial charge in [0.1, 0.15) is 13.2 Å². The van der Waals surface area contributed by atoms with Crippen LogP contribution < -0.4 is 0 Å². The van der Waals surface area contributed by atoms with Gasteiger partial charge in [0, 0.05) is 19.3 Å². The maximum absolute atomic E-state index is 12.9. The van der Waals surface area contributed by atoms with Crippen LogP contribution in [0.4, 0.5) is 0 Å². The Labute approximate surface area is 481 Å². The number of carbonyl (C=O) groups excluding carboxylic acids is 3. The van der Waals surface area contributed by atoms with Crippen molar-refractivity contribution in [2.24, 2.45) is 0 Å². The van der Waals surface area contributed by atoms with Gasteiger partial charge in [-0.25, -0.2) is 0 Å². The van der Waals surface area contributed by atoms with E-state index in [-0.39, 0.29) is 37.5 Å². The minimum Gasteiger partial charge on any atom is -0.462 e. The lowest BCUT2D eigenvalue weighted by Crippen LogP contribution is -2.30. The van der Waals surface area contributed by atoms with Gasteiger partial charge < -0.3 is 14.2 Å². The first-order valence-corrected chi connectivity index (χ1v) is 32.2. The monoisotopic (exact) mass is 1080 g/mol. The molecule has 0 amide bonds. The number of ether oxygens (including phenoxy) is 3. The zero-order valence-corrected chi connectivity index (χ0v) is 50.6. The Bertz CT molecular complexity index is 1670. The number of hydrogen-bond acceptors (Lipinski definition) is 6. The van der Waals surface area contributed by atoms with Crippen molar-refractivity contribution in [3.05, 3.63) is 134 Å². The highest BCUT2D eigenvalue weighted by Crippen LogP contribution is 2.16. The molecular formula is C72H118O6. The topological polar surface area (TPSA) is 78.9 Å². The quantitative estimate of drug-likeness (QED) is 0.0261. The van der Waals surface area contributed by atoms with Gasteiger partial charge in [0.15, 0.2) is 6.10 Å². The highest BCUT2D eigenvalue weighted by atomic mass is 16.6. The van der Waals surface area contributed by atoms with Crippen molar-refractivity contribution in [2.75, 3.05) is 13.2 Å². The molecule has 0 aliphatic rings. The molecule has 0 spiro atoms. The van der Waals surface area contributed by atoms with Crippen LogP contribution in [0.25, 0.3) is 0 Å². The minimum absolute atomic E-state index is 0.114. The fraction of sp³-hybridized carbons (Fsp3) is 0.653. The molecule has 0 saturated heterocycles. The van der Waals surface area contributed by atoms with Gasteiger partial charge in [0.05, 0.1) is 0 Å². The summed E-state index contributed by atoms with van der Waals surface area (Å²) in [5.74, 6) is -1.01. The number of esters is 3. The summed E-state index contributed by atoms with van der Waals surface area (Å²) >= 11 is 0. The second-order valence-corrected chi connectivity index (χ2v) is 20.9. The third-order valence-electron chi connectivity index (χ3n) is 13.4. The third-order valence-corrected chi connectivity index (χ3v) is 13.4. The smallest absolute Gasteiger partial charge is 0.306 e. The molecule has 0 N–H and O–H groups in total. The van der Waals surface area contributed by atoms with Gasteiger partial charge in [-0.1, -0.05) is 296 Å². The van der Waals surface area contributed by atoms with Crippen molar-refractivity contribution in [2.45, 2.75) is 290 Å². The van der Waals surface area contributed by atoms with E-state index in [1.165, 1.54) is 109 Å². The van der Waals surface area contributed by atoms with Crippen molar-refractivity contribution < 1.29 is 28.6 Å². The second-order valence-electron chi connectivity index (χ2n) is 20.9. The van der Waals surface area contributed by atoms with Crippen LogP contribution in [0.3, 0.4) is 0 Å².